The summed E-state index contributed by atoms with van der Waals surface area (Å²) in [5.74, 6) is -1.91. The Kier molecular flexibility index (Phi) is 4.47. The molecule has 0 aliphatic carbocycles. The van der Waals surface area contributed by atoms with E-state index in [0.29, 0.717) is 17.7 Å². The van der Waals surface area contributed by atoms with Gasteiger partial charge in [0.25, 0.3) is 0 Å². The molecule has 2 nitrogen and oxygen atoms in total. The molecule has 0 aliphatic heterocycles. The molecular weight excluding hydrogens is 288 g/mol. The summed E-state index contributed by atoms with van der Waals surface area (Å²) in [6, 6.07) is 10.4. The second-order valence-corrected chi connectivity index (χ2v) is 4.32. The number of ether oxygens (including phenoxy) is 2. The summed E-state index contributed by atoms with van der Waals surface area (Å²) in [5, 5.41) is 0. The van der Waals surface area contributed by atoms with Crippen molar-refractivity contribution in [1.29, 1.82) is 0 Å². The normalized spacial score (nSPS) is 11.5. The third-order valence-electron chi connectivity index (χ3n) is 2.76. The molecule has 0 spiro atoms. The minimum Gasteiger partial charge on any atom is -0.403 e. The van der Waals surface area contributed by atoms with Gasteiger partial charge in [0.2, 0.25) is 0 Å². The predicted octanol–water partition coefficient (Wildman–Crippen LogP) is 4.54. The van der Waals surface area contributed by atoms with Crippen LogP contribution < -0.4 is 4.74 Å². The Balaban J connectivity index is 2.23. The fraction of sp³-hybridized carbons (Fsp3) is 0.200. The first-order chi connectivity index (χ1) is 9.89. The SMILES string of the molecule is COCc1ccc(-c2ccc(OC(F)(F)F)c(F)c2)cc1. The number of alkyl halides is 3. The molecule has 0 saturated heterocycles. The van der Waals surface area contributed by atoms with Gasteiger partial charge in [-0.25, -0.2) is 4.39 Å². The molecule has 0 saturated carbocycles. The van der Waals surface area contributed by atoms with Crippen LogP contribution in [0.3, 0.4) is 0 Å². The van der Waals surface area contributed by atoms with Crippen molar-refractivity contribution in [2.45, 2.75) is 13.0 Å². The van der Waals surface area contributed by atoms with Crippen molar-refractivity contribution in [2.75, 3.05) is 7.11 Å². The average Bonchev–Trinajstić information content (AvgIpc) is 2.41. The summed E-state index contributed by atoms with van der Waals surface area (Å²) in [5.41, 5.74) is 2.09. The third kappa shape index (κ3) is 4.19. The smallest absolute Gasteiger partial charge is 0.403 e. The summed E-state index contributed by atoms with van der Waals surface area (Å²) >= 11 is 0. The predicted molar refractivity (Wildman–Crippen MR) is 69.2 cm³/mol. The van der Waals surface area contributed by atoms with E-state index < -0.39 is 17.9 Å². The highest BCUT2D eigenvalue weighted by atomic mass is 19.4. The van der Waals surface area contributed by atoms with Crippen LogP contribution in [0.1, 0.15) is 5.56 Å². The fourth-order valence-corrected chi connectivity index (χ4v) is 1.85. The number of halogens is 4. The Morgan fingerprint density at radius 2 is 1.57 bits per heavy atom. The number of hydrogen-bond acceptors (Lipinski definition) is 2. The minimum atomic E-state index is -4.91. The minimum absolute atomic E-state index is 0.451. The number of hydrogen-bond donors (Lipinski definition) is 0. The zero-order valence-corrected chi connectivity index (χ0v) is 11.1. The summed E-state index contributed by atoms with van der Waals surface area (Å²) in [6.45, 7) is 0.451. The van der Waals surface area contributed by atoms with Gasteiger partial charge in [-0.15, -0.1) is 13.2 Å². The Labute approximate surface area is 118 Å². The van der Waals surface area contributed by atoms with Gasteiger partial charge in [-0.2, -0.15) is 0 Å². The molecular formula is C15H12F4O2. The molecule has 0 amide bonds. The molecule has 0 aliphatic rings. The molecule has 0 fully saturated rings. The van der Waals surface area contributed by atoms with Crippen LogP contribution in [-0.4, -0.2) is 13.5 Å². The lowest BCUT2D eigenvalue weighted by Gasteiger charge is -2.11. The van der Waals surface area contributed by atoms with Crippen LogP contribution in [0.2, 0.25) is 0 Å². The number of benzene rings is 2. The van der Waals surface area contributed by atoms with E-state index in [2.05, 4.69) is 4.74 Å². The van der Waals surface area contributed by atoms with Gasteiger partial charge in [0.1, 0.15) is 0 Å². The maximum absolute atomic E-state index is 13.6. The molecule has 0 unspecified atom stereocenters. The quantitative estimate of drug-likeness (QED) is 0.772. The van der Waals surface area contributed by atoms with Crippen molar-refractivity contribution in [3.63, 3.8) is 0 Å². The van der Waals surface area contributed by atoms with Crippen LogP contribution in [0.4, 0.5) is 17.6 Å². The van der Waals surface area contributed by atoms with Crippen molar-refractivity contribution in [1.82, 2.24) is 0 Å². The zero-order chi connectivity index (χ0) is 15.5. The molecule has 0 aromatic heterocycles. The summed E-state index contributed by atoms with van der Waals surface area (Å²) in [6.07, 6.45) is -4.91. The molecule has 112 valence electrons. The van der Waals surface area contributed by atoms with Gasteiger partial charge >= 0.3 is 6.36 Å². The molecule has 0 radical (unpaired) electrons. The van der Waals surface area contributed by atoms with E-state index in [4.69, 9.17) is 4.74 Å². The molecule has 6 heteroatoms. The fourth-order valence-electron chi connectivity index (χ4n) is 1.85. The lowest BCUT2D eigenvalue weighted by Crippen LogP contribution is -2.17. The maximum atomic E-state index is 13.6. The van der Waals surface area contributed by atoms with Crippen LogP contribution in [0, 0.1) is 5.82 Å². The molecule has 0 atom stereocenters. The van der Waals surface area contributed by atoms with Crippen molar-refractivity contribution in [3.05, 3.63) is 53.8 Å². The lowest BCUT2D eigenvalue weighted by atomic mass is 10.0. The highest BCUT2D eigenvalue weighted by molar-refractivity contribution is 5.64. The Hall–Kier alpha value is -2.08. The van der Waals surface area contributed by atoms with Gasteiger partial charge in [-0.1, -0.05) is 30.3 Å². The van der Waals surface area contributed by atoms with Crippen molar-refractivity contribution in [2.24, 2.45) is 0 Å². The highest BCUT2D eigenvalue weighted by Crippen LogP contribution is 2.29. The van der Waals surface area contributed by atoms with Gasteiger partial charge < -0.3 is 9.47 Å². The zero-order valence-electron chi connectivity index (χ0n) is 11.1. The van der Waals surface area contributed by atoms with Crippen LogP contribution in [0.25, 0.3) is 11.1 Å². The van der Waals surface area contributed by atoms with Crippen LogP contribution in [0.15, 0.2) is 42.5 Å². The Morgan fingerprint density at radius 1 is 0.952 bits per heavy atom. The summed E-state index contributed by atoms with van der Waals surface area (Å²) in [7, 11) is 1.57. The van der Waals surface area contributed by atoms with E-state index in [1.54, 1.807) is 31.4 Å². The van der Waals surface area contributed by atoms with Crippen LogP contribution in [-0.2, 0) is 11.3 Å². The van der Waals surface area contributed by atoms with Gasteiger partial charge in [0, 0.05) is 7.11 Å². The molecule has 2 rings (SSSR count). The molecule has 0 bridgehead atoms. The number of rotatable bonds is 4. The van der Waals surface area contributed by atoms with Crippen molar-refractivity contribution < 1.29 is 27.0 Å². The molecule has 2 aromatic carbocycles. The topological polar surface area (TPSA) is 18.5 Å². The van der Waals surface area contributed by atoms with E-state index in [1.165, 1.54) is 6.07 Å². The second kappa shape index (κ2) is 6.13. The largest absolute Gasteiger partial charge is 0.573 e. The highest BCUT2D eigenvalue weighted by Gasteiger charge is 2.32. The standard InChI is InChI=1S/C15H12F4O2/c1-20-9-10-2-4-11(5-3-10)12-6-7-14(13(16)8-12)21-15(17,18)19/h2-8H,9H2,1H3. The van der Waals surface area contributed by atoms with Crippen LogP contribution in [0.5, 0.6) is 5.75 Å². The van der Waals surface area contributed by atoms with E-state index in [0.717, 1.165) is 17.7 Å². The Morgan fingerprint density at radius 3 is 2.10 bits per heavy atom. The lowest BCUT2D eigenvalue weighted by molar-refractivity contribution is -0.275. The van der Waals surface area contributed by atoms with Gasteiger partial charge in [0.15, 0.2) is 11.6 Å². The first-order valence-electron chi connectivity index (χ1n) is 6.02. The van der Waals surface area contributed by atoms with Crippen LogP contribution >= 0.6 is 0 Å². The van der Waals surface area contributed by atoms with Crippen molar-refractivity contribution >= 4 is 0 Å². The molecule has 0 heterocycles. The average molecular weight is 300 g/mol. The van der Waals surface area contributed by atoms with E-state index in [-0.39, 0.29) is 0 Å². The molecule has 2 aromatic rings. The van der Waals surface area contributed by atoms with E-state index in [9.17, 15) is 17.6 Å². The van der Waals surface area contributed by atoms with Gasteiger partial charge in [-0.3, -0.25) is 0 Å². The first-order valence-corrected chi connectivity index (χ1v) is 6.02. The molecule has 0 N–H and O–H groups in total. The van der Waals surface area contributed by atoms with Gasteiger partial charge in [-0.05, 0) is 28.8 Å². The summed E-state index contributed by atoms with van der Waals surface area (Å²) < 4.78 is 58.4. The third-order valence-corrected chi connectivity index (χ3v) is 2.76. The summed E-state index contributed by atoms with van der Waals surface area (Å²) in [4.78, 5) is 0. The first kappa shape index (κ1) is 15.3. The number of methoxy groups -OCH3 is 1. The second-order valence-electron chi connectivity index (χ2n) is 4.32. The Bertz CT molecular complexity index is 606. The maximum Gasteiger partial charge on any atom is 0.573 e. The monoisotopic (exact) mass is 300 g/mol. The molecule has 21 heavy (non-hydrogen) atoms. The van der Waals surface area contributed by atoms with E-state index in [1.807, 2.05) is 0 Å². The van der Waals surface area contributed by atoms with Gasteiger partial charge in [0.05, 0.1) is 6.61 Å². The van der Waals surface area contributed by atoms with Crippen molar-refractivity contribution in [3.8, 4) is 16.9 Å². The van der Waals surface area contributed by atoms with E-state index >= 15 is 0 Å².